The van der Waals surface area contributed by atoms with Gasteiger partial charge < -0.3 is 10.3 Å². The molecule has 1 unspecified atom stereocenters. The third kappa shape index (κ3) is 2.80. The van der Waals surface area contributed by atoms with E-state index in [1.807, 2.05) is 18.0 Å². The van der Waals surface area contributed by atoms with Gasteiger partial charge in [0.15, 0.2) is 0 Å². The van der Waals surface area contributed by atoms with E-state index in [1.165, 1.54) is 16.5 Å². The third-order valence-corrected chi connectivity index (χ3v) is 3.52. The lowest BCUT2D eigenvalue weighted by molar-refractivity contribution is 0.596. The molecule has 2 nitrogen and oxygen atoms in total. The van der Waals surface area contributed by atoms with Gasteiger partial charge >= 0.3 is 0 Å². The van der Waals surface area contributed by atoms with Gasteiger partial charge in [0.2, 0.25) is 0 Å². The van der Waals surface area contributed by atoms with E-state index >= 15 is 0 Å². The molecule has 3 heteroatoms. The average Bonchev–Trinajstić information content (AvgIpc) is 2.74. The molecule has 1 atom stereocenters. The Hall–Kier alpha value is -0.930. The first-order valence-electron chi connectivity index (χ1n) is 5.58. The number of thioether (sulfide) groups is 1. The second kappa shape index (κ2) is 5.41. The molecule has 0 fully saturated rings. The van der Waals surface area contributed by atoms with Crippen LogP contribution < -0.4 is 5.32 Å². The molecular weight excluding hydrogens is 216 g/mol. The molecule has 0 bridgehead atoms. The smallest absolute Gasteiger partial charge is 0.0457 e. The number of aromatic amines is 1. The van der Waals surface area contributed by atoms with Crippen molar-refractivity contribution in [2.24, 2.45) is 0 Å². The summed E-state index contributed by atoms with van der Waals surface area (Å²) in [6, 6.07) is 9.24. The summed E-state index contributed by atoms with van der Waals surface area (Å²) in [6.07, 6.45) is 4.13. The van der Waals surface area contributed by atoms with Crippen molar-refractivity contribution >= 4 is 22.7 Å². The Morgan fingerprint density at radius 1 is 1.38 bits per heavy atom. The maximum atomic E-state index is 3.52. The minimum atomic E-state index is 0.564. The minimum Gasteiger partial charge on any atom is -0.361 e. The molecular formula is C13H18N2S. The fourth-order valence-corrected chi connectivity index (χ4v) is 2.42. The maximum absolute atomic E-state index is 3.52. The van der Waals surface area contributed by atoms with Crippen molar-refractivity contribution < 1.29 is 0 Å². The van der Waals surface area contributed by atoms with Crippen molar-refractivity contribution in [2.75, 3.05) is 12.0 Å². The fraction of sp³-hybridized carbons (Fsp3) is 0.385. The number of fused-ring (bicyclic) bond motifs is 1. The second-order valence-electron chi connectivity index (χ2n) is 4.14. The van der Waals surface area contributed by atoms with Crippen LogP contribution in [0.2, 0.25) is 0 Å². The predicted molar refractivity (Wildman–Crippen MR) is 73.0 cm³/mol. The average molecular weight is 234 g/mol. The van der Waals surface area contributed by atoms with Crippen LogP contribution in [0.4, 0.5) is 0 Å². The van der Waals surface area contributed by atoms with Gasteiger partial charge in [-0.05, 0) is 36.3 Å². The van der Waals surface area contributed by atoms with E-state index in [0.29, 0.717) is 6.04 Å². The Balaban J connectivity index is 1.98. The Labute approximate surface area is 101 Å². The van der Waals surface area contributed by atoms with Crippen LogP contribution in [-0.2, 0) is 6.54 Å². The highest BCUT2D eigenvalue weighted by Crippen LogP contribution is 2.14. The topological polar surface area (TPSA) is 27.8 Å². The molecule has 0 saturated carbocycles. The first-order chi connectivity index (χ1) is 7.79. The molecule has 0 amide bonds. The molecule has 16 heavy (non-hydrogen) atoms. The van der Waals surface area contributed by atoms with Gasteiger partial charge in [-0.2, -0.15) is 11.8 Å². The first kappa shape index (κ1) is 11.6. The summed E-state index contributed by atoms with van der Waals surface area (Å²) in [5, 5.41) is 4.80. The molecule has 1 heterocycles. The summed E-state index contributed by atoms with van der Waals surface area (Å²) in [4.78, 5) is 3.24. The van der Waals surface area contributed by atoms with Crippen molar-refractivity contribution in [3.8, 4) is 0 Å². The molecule has 2 rings (SSSR count). The number of hydrogen-bond donors (Lipinski definition) is 2. The van der Waals surface area contributed by atoms with Crippen LogP contribution in [0.3, 0.4) is 0 Å². The zero-order valence-corrected chi connectivity index (χ0v) is 10.6. The van der Waals surface area contributed by atoms with Gasteiger partial charge in [-0.25, -0.2) is 0 Å². The van der Waals surface area contributed by atoms with E-state index in [9.17, 15) is 0 Å². The highest BCUT2D eigenvalue weighted by Gasteiger charge is 2.01. The van der Waals surface area contributed by atoms with Crippen LogP contribution in [0.25, 0.3) is 10.9 Å². The van der Waals surface area contributed by atoms with Gasteiger partial charge in [0.1, 0.15) is 0 Å². The number of rotatable bonds is 5. The van der Waals surface area contributed by atoms with Crippen molar-refractivity contribution in [1.29, 1.82) is 0 Å². The normalized spacial score (nSPS) is 13.1. The molecule has 0 radical (unpaired) electrons. The van der Waals surface area contributed by atoms with Crippen molar-refractivity contribution in [2.45, 2.75) is 19.5 Å². The first-order valence-corrected chi connectivity index (χ1v) is 6.97. The van der Waals surface area contributed by atoms with Crippen molar-refractivity contribution in [3.05, 3.63) is 36.0 Å². The molecule has 0 spiro atoms. The summed E-state index contributed by atoms with van der Waals surface area (Å²) in [5.74, 6) is 1.16. The second-order valence-corrected chi connectivity index (χ2v) is 5.05. The van der Waals surface area contributed by atoms with Crippen LogP contribution in [-0.4, -0.2) is 23.0 Å². The number of hydrogen-bond acceptors (Lipinski definition) is 2. The zero-order valence-electron chi connectivity index (χ0n) is 9.79. The fourth-order valence-electron chi connectivity index (χ4n) is 1.81. The minimum absolute atomic E-state index is 0.564. The van der Waals surface area contributed by atoms with E-state index in [-0.39, 0.29) is 0 Å². The Morgan fingerprint density at radius 2 is 2.25 bits per heavy atom. The highest BCUT2D eigenvalue weighted by molar-refractivity contribution is 7.98. The van der Waals surface area contributed by atoms with Gasteiger partial charge in [-0.15, -0.1) is 0 Å². The molecule has 2 N–H and O–H groups in total. The van der Waals surface area contributed by atoms with Crippen LogP contribution in [0, 0.1) is 0 Å². The molecule has 0 aliphatic carbocycles. The molecule has 86 valence electrons. The largest absolute Gasteiger partial charge is 0.361 e. The van der Waals surface area contributed by atoms with Crippen LogP contribution in [0.5, 0.6) is 0 Å². The Kier molecular flexibility index (Phi) is 3.91. The lowest BCUT2D eigenvalue weighted by Gasteiger charge is -2.12. The molecule has 0 saturated heterocycles. The van der Waals surface area contributed by atoms with Crippen LogP contribution in [0.1, 0.15) is 12.5 Å². The van der Waals surface area contributed by atoms with Gasteiger partial charge in [0.25, 0.3) is 0 Å². The standard InChI is InChI=1S/C13H18N2S/c1-10(9-16-2)15-8-11-3-4-12-5-6-14-13(12)7-11/h3-7,10,14-15H,8-9H2,1-2H3. The summed E-state index contributed by atoms with van der Waals surface area (Å²) in [6.45, 7) is 3.17. The predicted octanol–water partition coefficient (Wildman–Crippen LogP) is 3.01. The lowest BCUT2D eigenvalue weighted by Crippen LogP contribution is -2.27. The Bertz CT molecular complexity index is 450. The number of aromatic nitrogens is 1. The van der Waals surface area contributed by atoms with E-state index in [2.05, 4.69) is 47.7 Å². The molecule has 1 aromatic heterocycles. The van der Waals surface area contributed by atoms with E-state index in [0.717, 1.165) is 12.3 Å². The van der Waals surface area contributed by atoms with Gasteiger partial charge in [0.05, 0.1) is 0 Å². The van der Waals surface area contributed by atoms with Gasteiger partial charge in [-0.1, -0.05) is 12.1 Å². The van der Waals surface area contributed by atoms with Crippen LogP contribution >= 0.6 is 11.8 Å². The summed E-state index contributed by atoms with van der Waals surface area (Å²) < 4.78 is 0. The van der Waals surface area contributed by atoms with E-state index < -0.39 is 0 Å². The van der Waals surface area contributed by atoms with Crippen LogP contribution in [0.15, 0.2) is 30.5 Å². The summed E-state index contributed by atoms with van der Waals surface area (Å²) >= 11 is 1.88. The van der Waals surface area contributed by atoms with Crippen molar-refractivity contribution in [1.82, 2.24) is 10.3 Å². The number of nitrogens with one attached hydrogen (secondary N) is 2. The highest BCUT2D eigenvalue weighted by atomic mass is 32.2. The van der Waals surface area contributed by atoms with E-state index in [4.69, 9.17) is 0 Å². The molecule has 1 aromatic carbocycles. The third-order valence-electron chi connectivity index (χ3n) is 2.69. The molecule has 0 aliphatic rings. The zero-order chi connectivity index (χ0) is 11.4. The van der Waals surface area contributed by atoms with Gasteiger partial charge in [0, 0.05) is 30.1 Å². The molecule has 2 aromatic rings. The van der Waals surface area contributed by atoms with Crippen molar-refractivity contribution in [3.63, 3.8) is 0 Å². The van der Waals surface area contributed by atoms with Gasteiger partial charge in [-0.3, -0.25) is 0 Å². The quantitative estimate of drug-likeness (QED) is 0.832. The SMILES string of the molecule is CSCC(C)NCc1ccc2cc[nH]c2c1. The summed E-state index contributed by atoms with van der Waals surface area (Å²) in [7, 11) is 0. The maximum Gasteiger partial charge on any atom is 0.0457 e. The monoisotopic (exact) mass is 234 g/mol. The Morgan fingerprint density at radius 3 is 3.06 bits per heavy atom. The number of benzene rings is 1. The lowest BCUT2D eigenvalue weighted by atomic mass is 10.1. The summed E-state index contributed by atoms with van der Waals surface area (Å²) in [5.41, 5.74) is 2.56. The van der Waals surface area contributed by atoms with E-state index in [1.54, 1.807) is 0 Å². The molecule has 0 aliphatic heterocycles. The number of H-pyrrole nitrogens is 1.